The van der Waals surface area contributed by atoms with Gasteiger partial charge in [0.15, 0.2) is 5.82 Å². The number of fused-ring (bicyclic) bond motifs is 1. The van der Waals surface area contributed by atoms with Crippen molar-refractivity contribution in [3.63, 3.8) is 0 Å². The fourth-order valence-corrected chi connectivity index (χ4v) is 6.23. The van der Waals surface area contributed by atoms with E-state index in [0.717, 1.165) is 6.33 Å². The highest BCUT2D eigenvalue weighted by Crippen LogP contribution is 2.45. The van der Waals surface area contributed by atoms with Gasteiger partial charge in [-0.2, -0.15) is 44.6 Å². The Kier molecular flexibility index (Phi) is 9.96. The summed E-state index contributed by atoms with van der Waals surface area (Å²) in [5.74, 6) is -4.18. The second-order valence-electron chi connectivity index (χ2n) is 12.2. The number of nitrogens with zero attached hydrogens (tertiary/aromatic N) is 5. The van der Waals surface area contributed by atoms with Crippen molar-refractivity contribution in [2.75, 3.05) is 31.9 Å². The molecule has 2 aliphatic heterocycles. The summed E-state index contributed by atoms with van der Waals surface area (Å²) in [6.07, 6.45) is -20.4. The van der Waals surface area contributed by atoms with Crippen molar-refractivity contribution < 1.29 is 58.6 Å². The van der Waals surface area contributed by atoms with Gasteiger partial charge in [0.1, 0.15) is 18.0 Å². The molecule has 4 heterocycles. The van der Waals surface area contributed by atoms with Crippen molar-refractivity contribution in [3.8, 4) is 11.3 Å². The molecule has 0 radical (unpaired) electrons. The highest BCUT2D eigenvalue weighted by molar-refractivity contribution is 6.34. The molecule has 0 saturated carbocycles. The van der Waals surface area contributed by atoms with Gasteiger partial charge < -0.3 is 21.1 Å². The third kappa shape index (κ3) is 7.27. The monoisotopic (exact) mass is 747 g/mol. The minimum Gasteiger partial charge on any atom is -0.382 e. The van der Waals surface area contributed by atoms with Crippen molar-refractivity contribution in [1.82, 2.24) is 29.7 Å². The number of hydrogen-bond donors (Lipinski definition) is 3. The van der Waals surface area contributed by atoms with Gasteiger partial charge in [-0.1, -0.05) is 17.7 Å². The maximum Gasteiger partial charge on any atom is 0.426 e. The van der Waals surface area contributed by atoms with Gasteiger partial charge in [-0.25, -0.2) is 13.9 Å². The molecule has 0 bridgehead atoms. The molecule has 21 heteroatoms. The highest BCUT2D eigenvalue weighted by Gasteiger charge is 2.71. The zero-order valence-corrected chi connectivity index (χ0v) is 26.3. The fourth-order valence-electron chi connectivity index (χ4n) is 6.03. The van der Waals surface area contributed by atoms with E-state index in [1.807, 2.05) is 4.90 Å². The SMILES string of the molecule is Nc1ncnn2c(-c3ccc(Cl)c(C(=O)N[C@@H]4CN(C(=O)CC(O)(C(F)(F)F)C(F)(F)F)C[C@@H]4F)c3)cc(CN3CCC(C(F)(F)F)CC3)c12. The number of amides is 2. The smallest absolute Gasteiger partial charge is 0.382 e. The third-order valence-electron chi connectivity index (χ3n) is 8.88. The molecule has 2 fully saturated rings. The quantitative estimate of drug-likeness (QED) is 0.293. The van der Waals surface area contributed by atoms with Crippen molar-refractivity contribution in [2.45, 2.75) is 62.2 Å². The van der Waals surface area contributed by atoms with E-state index in [2.05, 4.69) is 15.4 Å². The minimum atomic E-state index is -6.26. The maximum absolute atomic E-state index is 14.9. The van der Waals surface area contributed by atoms with Crippen molar-refractivity contribution in [1.29, 1.82) is 0 Å². The Morgan fingerprint density at radius 2 is 1.64 bits per heavy atom. The molecule has 0 unspecified atom stereocenters. The number of benzene rings is 1. The van der Waals surface area contributed by atoms with E-state index in [4.69, 9.17) is 17.3 Å². The second-order valence-corrected chi connectivity index (χ2v) is 12.6. The number of likely N-dealkylation sites (tertiary alicyclic amines) is 2. The molecule has 10 nitrogen and oxygen atoms in total. The van der Waals surface area contributed by atoms with E-state index in [-0.39, 0.29) is 48.9 Å². The van der Waals surface area contributed by atoms with Crippen LogP contribution in [0.4, 0.5) is 49.7 Å². The number of carbonyl (C=O) groups excluding carboxylic acids is 2. The summed E-state index contributed by atoms with van der Waals surface area (Å²) in [5, 5.41) is 15.7. The van der Waals surface area contributed by atoms with Crippen LogP contribution in [0.2, 0.25) is 5.02 Å². The first kappa shape index (κ1) is 37.3. The molecule has 0 spiro atoms. The number of nitrogen functional groups attached to an aromatic ring is 1. The normalized spacial score (nSPS) is 20.1. The van der Waals surface area contributed by atoms with Crippen LogP contribution in [0, 0.1) is 5.92 Å². The average Bonchev–Trinajstić information content (AvgIpc) is 3.56. The summed E-state index contributed by atoms with van der Waals surface area (Å²) in [4.78, 5) is 31.8. The van der Waals surface area contributed by atoms with Crippen LogP contribution in [0.3, 0.4) is 0 Å². The van der Waals surface area contributed by atoms with E-state index < -0.39 is 73.6 Å². The Hall–Kier alpha value is -3.91. The first-order valence-electron chi connectivity index (χ1n) is 14.9. The lowest BCUT2D eigenvalue weighted by Gasteiger charge is -2.32. The van der Waals surface area contributed by atoms with E-state index >= 15 is 0 Å². The fraction of sp³-hybridized carbons (Fsp3) is 0.517. The van der Waals surface area contributed by atoms with Gasteiger partial charge in [0, 0.05) is 18.7 Å². The number of nitrogens with one attached hydrogen (secondary N) is 1. The lowest BCUT2D eigenvalue weighted by atomic mass is 9.96. The number of alkyl halides is 10. The van der Waals surface area contributed by atoms with Crippen molar-refractivity contribution in [3.05, 3.63) is 46.7 Å². The van der Waals surface area contributed by atoms with Crippen LogP contribution in [0.25, 0.3) is 16.8 Å². The van der Waals surface area contributed by atoms with E-state index in [1.165, 1.54) is 22.7 Å². The lowest BCUT2D eigenvalue weighted by molar-refractivity contribution is -0.367. The molecule has 3 aromatic rings. The van der Waals surface area contributed by atoms with E-state index in [9.17, 15) is 58.6 Å². The van der Waals surface area contributed by atoms with Gasteiger partial charge in [0.05, 0.1) is 41.2 Å². The Bertz CT molecular complexity index is 1740. The summed E-state index contributed by atoms with van der Waals surface area (Å²) in [6, 6.07) is 4.22. The molecule has 2 amide bonds. The highest BCUT2D eigenvalue weighted by atomic mass is 35.5. The third-order valence-corrected chi connectivity index (χ3v) is 9.21. The molecule has 50 heavy (non-hydrogen) atoms. The Labute approximate surface area is 281 Å². The van der Waals surface area contributed by atoms with Crippen LogP contribution in [0.15, 0.2) is 30.6 Å². The number of nitrogens with two attached hydrogens (primary N) is 1. The first-order valence-corrected chi connectivity index (χ1v) is 15.3. The topological polar surface area (TPSA) is 129 Å². The first-order chi connectivity index (χ1) is 23.1. The number of carbonyl (C=O) groups is 2. The molecule has 2 atom stereocenters. The predicted octanol–water partition coefficient (Wildman–Crippen LogP) is 4.93. The molecule has 0 aliphatic carbocycles. The minimum absolute atomic E-state index is 0.0663. The molecule has 4 N–H and O–H groups in total. The van der Waals surface area contributed by atoms with Crippen molar-refractivity contribution >= 4 is 34.7 Å². The average molecular weight is 748 g/mol. The van der Waals surface area contributed by atoms with Crippen LogP contribution in [0.1, 0.15) is 35.2 Å². The Balaban J connectivity index is 1.34. The number of anilines is 1. The van der Waals surface area contributed by atoms with Gasteiger partial charge >= 0.3 is 18.5 Å². The number of aromatic nitrogens is 3. The molecule has 5 rings (SSSR count). The number of rotatable bonds is 7. The predicted molar refractivity (Wildman–Crippen MR) is 156 cm³/mol. The molecular weight excluding hydrogens is 720 g/mol. The summed E-state index contributed by atoms with van der Waals surface area (Å²) in [6.45, 7) is -1.23. The zero-order valence-electron chi connectivity index (χ0n) is 25.5. The summed E-state index contributed by atoms with van der Waals surface area (Å²) < 4.78 is 134. The van der Waals surface area contributed by atoms with Gasteiger partial charge in [0.25, 0.3) is 11.5 Å². The molecule has 2 aromatic heterocycles. The number of halogens is 11. The van der Waals surface area contributed by atoms with Crippen molar-refractivity contribution in [2.24, 2.45) is 5.92 Å². The standard InChI is InChI=1S/C29H28ClF10N7O3/c30-18-2-1-14(21-8-15(23-24(41)42-13-43-47(21)23)10-45-5-3-16(4-6-45)27(32,33)34)7-17(18)25(49)44-20-12-46(11-19(20)31)22(48)9-26(50,28(35,36)37)29(38,39)40/h1-2,7-8,13,16,19-20,50H,3-6,9-12H2,(H,44,49)(H2,41,42,43)/t19-,20+/m0/s1. The van der Waals surface area contributed by atoms with Crippen LogP contribution in [0.5, 0.6) is 0 Å². The maximum atomic E-state index is 14.9. The summed E-state index contributed by atoms with van der Waals surface area (Å²) in [7, 11) is 0. The molecule has 274 valence electrons. The molecule has 2 aliphatic rings. The van der Waals surface area contributed by atoms with Crippen LogP contribution >= 0.6 is 11.6 Å². The lowest BCUT2D eigenvalue weighted by Crippen LogP contribution is -2.59. The number of aliphatic hydroxyl groups is 1. The van der Waals surface area contributed by atoms with Gasteiger partial charge in [-0.15, -0.1) is 0 Å². The van der Waals surface area contributed by atoms with Gasteiger partial charge in [-0.3, -0.25) is 14.5 Å². The van der Waals surface area contributed by atoms with Crippen LogP contribution in [-0.4, -0.2) is 104 Å². The van der Waals surface area contributed by atoms with Gasteiger partial charge in [-0.05, 0) is 49.7 Å². The van der Waals surface area contributed by atoms with Crippen LogP contribution in [-0.2, 0) is 11.3 Å². The second kappa shape index (κ2) is 13.3. The number of hydrogen-bond acceptors (Lipinski definition) is 7. The van der Waals surface area contributed by atoms with E-state index in [0.29, 0.717) is 27.2 Å². The summed E-state index contributed by atoms with van der Waals surface area (Å²) in [5.41, 5.74) is 2.16. The molecule has 1 aromatic carbocycles. The molecule has 2 saturated heterocycles. The largest absolute Gasteiger partial charge is 0.426 e. The van der Waals surface area contributed by atoms with Gasteiger partial charge in [0.2, 0.25) is 5.91 Å². The van der Waals surface area contributed by atoms with Crippen LogP contribution < -0.4 is 11.1 Å². The Morgan fingerprint density at radius 1 is 1.00 bits per heavy atom. The summed E-state index contributed by atoms with van der Waals surface area (Å²) >= 11 is 6.26. The van der Waals surface area contributed by atoms with E-state index in [1.54, 1.807) is 6.07 Å². The zero-order chi connectivity index (χ0) is 37.0. The Morgan fingerprint density at radius 3 is 2.24 bits per heavy atom. The number of piperidine rings is 1. The molecular formula is C29H28ClF10N7O3.